The predicted octanol–water partition coefficient (Wildman–Crippen LogP) is 1.97. The Labute approximate surface area is 102 Å². The van der Waals surface area contributed by atoms with Crippen LogP contribution in [0.5, 0.6) is 0 Å². The van der Waals surface area contributed by atoms with Crippen LogP contribution in [0.15, 0.2) is 30.3 Å². The first kappa shape index (κ1) is 11.9. The van der Waals surface area contributed by atoms with Crippen molar-refractivity contribution < 1.29 is 9.63 Å². The number of carbonyl (C=O) groups is 1. The van der Waals surface area contributed by atoms with Gasteiger partial charge in [0.2, 0.25) is 0 Å². The van der Waals surface area contributed by atoms with Crippen molar-refractivity contribution in [1.82, 2.24) is 10.4 Å². The molecule has 0 unspecified atom stereocenters. The van der Waals surface area contributed by atoms with Crippen molar-refractivity contribution in [2.75, 3.05) is 19.6 Å². The van der Waals surface area contributed by atoms with Crippen LogP contribution in [0.2, 0.25) is 0 Å². The smallest absolute Gasteiger partial charge is 0.351 e. The van der Waals surface area contributed by atoms with E-state index in [0.29, 0.717) is 6.54 Å². The van der Waals surface area contributed by atoms with Crippen molar-refractivity contribution in [1.29, 1.82) is 0 Å². The van der Waals surface area contributed by atoms with Gasteiger partial charge in [0.15, 0.2) is 0 Å². The zero-order chi connectivity index (χ0) is 11.9. The summed E-state index contributed by atoms with van der Waals surface area (Å²) < 4.78 is 0. The van der Waals surface area contributed by atoms with Gasteiger partial charge in [0.05, 0.1) is 0 Å². The van der Waals surface area contributed by atoms with Gasteiger partial charge in [-0.2, -0.15) is 0 Å². The van der Waals surface area contributed by atoms with Crippen molar-refractivity contribution in [2.24, 2.45) is 0 Å². The van der Waals surface area contributed by atoms with E-state index in [0.717, 1.165) is 32.4 Å². The number of hydrogen-bond acceptors (Lipinski definition) is 3. The highest BCUT2D eigenvalue weighted by Gasteiger charge is 2.15. The molecule has 1 aliphatic heterocycles. The fraction of sp³-hybridized carbons (Fsp3) is 0.462. The maximum absolute atomic E-state index is 11.4. The van der Waals surface area contributed by atoms with Crippen molar-refractivity contribution in [3.8, 4) is 0 Å². The number of amides is 1. The van der Waals surface area contributed by atoms with E-state index in [1.165, 1.54) is 5.56 Å². The monoisotopic (exact) mass is 234 g/mol. The first-order valence-electron chi connectivity index (χ1n) is 6.09. The average molecular weight is 234 g/mol. The third kappa shape index (κ3) is 4.07. The maximum Gasteiger partial charge on any atom is 0.426 e. The third-order valence-electron chi connectivity index (χ3n) is 2.80. The molecule has 0 spiro atoms. The zero-order valence-electron chi connectivity index (χ0n) is 9.89. The summed E-state index contributed by atoms with van der Waals surface area (Å²) in [6, 6.07) is 10.1. The molecule has 1 aromatic carbocycles. The van der Waals surface area contributed by atoms with E-state index in [-0.39, 0.29) is 6.09 Å². The normalized spacial score (nSPS) is 15.8. The summed E-state index contributed by atoms with van der Waals surface area (Å²) in [5.74, 6) is 0. The van der Waals surface area contributed by atoms with Gasteiger partial charge in [-0.3, -0.25) is 0 Å². The summed E-state index contributed by atoms with van der Waals surface area (Å²) >= 11 is 0. The highest BCUT2D eigenvalue weighted by atomic mass is 16.7. The van der Waals surface area contributed by atoms with E-state index >= 15 is 0 Å². The summed E-state index contributed by atoms with van der Waals surface area (Å²) in [6.45, 7) is 2.31. The Morgan fingerprint density at radius 3 is 2.65 bits per heavy atom. The molecular formula is C13H18N2O2. The topological polar surface area (TPSA) is 41.6 Å². The highest BCUT2D eigenvalue weighted by Crippen LogP contribution is 2.07. The summed E-state index contributed by atoms with van der Waals surface area (Å²) in [5, 5.41) is 4.48. The molecule has 1 heterocycles. The fourth-order valence-corrected chi connectivity index (χ4v) is 1.88. The molecule has 1 amide bonds. The van der Waals surface area contributed by atoms with Crippen LogP contribution >= 0.6 is 0 Å². The van der Waals surface area contributed by atoms with E-state index in [1.54, 1.807) is 5.06 Å². The van der Waals surface area contributed by atoms with Gasteiger partial charge in [0.1, 0.15) is 0 Å². The van der Waals surface area contributed by atoms with Crippen LogP contribution in [0.3, 0.4) is 0 Å². The van der Waals surface area contributed by atoms with Crippen LogP contribution in [0.25, 0.3) is 0 Å². The number of benzene rings is 1. The Hall–Kier alpha value is -1.55. The minimum Gasteiger partial charge on any atom is -0.351 e. The standard InChI is InChI=1S/C13H18N2O2/c16-13(17-15-10-4-5-11-15)14-9-8-12-6-2-1-3-7-12/h1-3,6-7H,4-5,8-11H2,(H,14,16). The summed E-state index contributed by atoms with van der Waals surface area (Å²) in [5.41, 5.74) is 1.22. The summed E-state index contributed by atoms with van der Waals surface area (Å²) in [6.07, 6.45) is 2.70. The first-order chi connectivity index (χ1) is 8.34. The van der Waals surface area contributed by atoms with Crippen molar-refractivity contribution in [3.63, 3.8) is 0 Å². The van der Waals surface area contributed by atoms with Gasteiger partial charge in [0, 0.05) is 19.6 Å². The Morgan fingerprint density at radius 1 is 1.24 bits per heavy atom. The molecule has 1 saturated heterocycles. The third-order valence-corrected chi connectivity index (χ3v) is 2.80. The second-order valence-electron chi connectivity index (χ2n) is 4.18. The molecule has 0 atom stereocenters. The molecule has 1 N–H and O–H groups in total. The number of carbonyl (C=O) groups excluding carboxylic acids is 1. The van der Waals surface area contributed by atoms with Gasteiger partial charge in [-0.05, 0) is 24.8 Å². The molecule has 92 valence electrons. The van der Waals surface area contributed by atoms with Crippen LogP contribution in [-0.2, 0) is 11.3 Å². The second kappa shape index (κ2) is 6.25. The SMILES string of the molecule is O=C(NCCc1ccccc1)ON1CCCC1. The molecule has 1 aliphatic rings. The molecule has 0 radical (unpaired) electrons. The van der Waals surface area contributed by atoms with E-state index in [4.69, 9.17) is 4.84 Å². The number of nitrogens with zero attached hydrogens (tertiary/aromatic N) is 1. The maximum atomic E-state index is 11.4. The lowest BCUT2D eigenvalue weighted by Gasteiger charge is -2.14. The molecule has 2 rings (SSSR count). The van der Waals surface area contributed by atoms with Gasteiger partial charge in [-0.1, -0.05) is 30.3 Å². The van der Waals surface area contributed by atoms with Crippen LogP contribution in [0.1, 0.15) is 18.4 Å². The largest absolute Gasteiger partial charge is 0.426 e. The number of hydroxylamine groups is 2. The molecule has 0 saturated carbocycles. The first-order valence-corrected chi connectivity index (χ1v) is 6.09. The minimum atomic E-state index is -0.345. The van der Waals surface area contributed by atoms with E-state index in [1.807, 2.05) is 30.3 Å². The van der Waals surface area contributed by atoms with Gasteiger partial charge in [-0.15, -0.1) is 5.06 Å². The van der Waals surface area contributed by atoms with Crippen molar-refractivity contribution >= 4 is 6.09 Å². The highest BCUT2D eigenvalue weighted by molar-refractivity contribution is 5.66. The second-order valence-corrected chi connectivity index (χ2v) is 4.18. The summed E-state index contributed by atoms with van der Waals surface area (Å²) in [4.78, 5) is 16.5. The molecule has 1 aromatic rings. The Morgan fingerprint density at radius 2 is 1.94 bits per heavy atom. The Bertz CT molecular complexity index is 348. The Kier molecular flexibility index (Phi) is 4.38. The zero-order valence-corrected chi connectivity index (χ0v) is 9.89. The van der Waals surface area contributed by atoms with Gasteiger partial charge < -0.3 is 10.2 Å². The summed E-state index contributed by atoms with van der Waals surface area (Å²) in [7, 11) is 0. The lowest BCUT2D eigenvalue weighted by molar-refractivity contribution is -0.0803. The van der Waals surface area contributed by atoms with Crippen molar-refractivity contribution in [2.45, 2.75) is 19.3 Å². The van der Waals surface area contributed by atoms with Crippen LogP contribution in [-0.4, -0.2) is 30.8 Å². The molecule has 0 aliphatic carbocycles. The predicted molar refractivity (Wildman–Crippen MR) is 65.4 cm³/mol. The molecule has 17 heavy (non-hydrogen) atoms. The molecule has 4 nitrogen and oxygen atoms in total. The molecule has 0 aromatic heterocycles. The average Bonchev–Trinajstić information content (AvgIpc) is 2.83. The van der Waals surface area contributed by atoms with Crippen LogP contribution < -0.4 is 5.32 Å². The van der Waals surface area contributed by atoms with Crippen molar-refractivity contribution in [3.05, 3.63) is 35.9 Å². The quantitative estimate of drug-likeness (QED) is 0.866. The van der Waals surface area contributed by atoms with Gasteiger partial charge >= 0.3 is 6.09 Å². The van der Waals surface area contributed by atoms with E-state index < -0.39 is 0 Å². The molecule has 4 heteroatoms. The van der Waals surface area contributed by atoms with E-state index in [9.17, 15) is 4.79 Å². The van der Waals surface area contributed by atoms with Gasteiger partial charge in [-0.25, -0.2) is 4.79 Å². The Balaban J connectivity index is 1.63. The number of rotatable bonds is 4. The molecular weight excluding hydrogens is 216 g/mol. The molecule has 1 fully saturated rings. The van der Waals surface area contributed by atoms with E-state index in [2.05, 4.69) is 5.32 Å². The molecule has 0 bridgehead atoms. The number of nitrogens with one attached hydrogen (secondary N) is 1. The fourth-order valence-electron chi connectivity index (χ4n) is 1.88. The lowest BCUT2D eigenvalue weighted by Crippen LogP contribution is -2.33. The van der Waals surface area contributed by atoms with Gasteiger partial charge in [0.25, 0.3) is 0 Å². The van der Waals surface area contributed by atoms with Crippen LogP contribution in [0, 0.1) is 0 Å². The lowest BCUT2D eigenvalue weighted by atomic mass is 10.1. The minimum absolute atomic E-state index is 0.345. The van der Waals surface area contributed by atoms with Crippen LogP contribution in [0.4, 0.5) is 4.79 Å². The number of hydrogen-bond donors (Lipinski definition) is 1.